The van der Waals surface area contributed by atoms with E-state index in [1.165, 1.54) is 25.6 Å². The molecule has 0 saturated carbocycles. The van der Waals surface area contributed by atoms with Crippen LogP contribution in [0.2, 0.25) is 10.0 Å². The average Bonchev–Trinajstić information content (AvgIpc) is 2.70. The van der Waals surface area contributed by atoms with Crippen molar-refractivity contribution < 1.29 is 13.5 Å². The molecule has 0 unspecified atom stereocenters. The van der Waals surface area contributed by atoms with Crippen LogP contribution in [-0.2, 0) is 0 Å². The zero-order valence-electron chi connectivity index (χ0n) is 14.4. The first kappa shape index (κ1) is 20.3. The van der Waals surface area contributed by atoms with Crippen LogP contribution in [0.3, 0.4) is 0 Å². The Morgan fingerprint density at radius 3 is 2.71 bits per heavy atom. The highest BCUT2D eigenvalue weighted by atomic mass is 35.5. The van der Waals surface area contributed by atoms with Gasteiger partial charge < -0.3 is 9.46 Å². The van der Waals surface area contributed by atoms with Crippen LogP contribution in [0, 0.1) is 23.5 Å². The van der Waals surface area contributed by atoms with E-state index >= 15 is 0 Å². The van der Waals surface area contributed by atoms with E-state index in [0.29, 0.717) is 26.3 Å². The first-order valence-electron chi connectivity index (χ1n) is 7.85. The molecular weight excluding hydrogens is 425 g/mol. The summed E-state index contributed by atoms with van der Waals surface area (Å²) in [6.07, 6.45) is 2.99. The number of benzene rings is 2. The summed E-state index contributed by atoms with van der Waals surface area (Å²) in [5, 5.41) is 0.943. The molecule has 8 heteroatoms. The van der Waals surface area contributed by atoms with Crippen LogP contribution in [-0.4, -0.2) is 12.1 Å². The van der Waals surface area contributed by atoms with Gasteiger partial charge in [-0.1, -0.05) is 35.0 Å². The van der Waals surface area contributed by atoms with Gasteiger partial charge in [-0.2, -0.15) is 0 Å². The molecule has 0 radical (unpaired) electrons. The quantitative estimate of drug-likeness (QED) is 0.390. The molecule has 0 bridgehead atoms. The number of anilines is 1. The largest absolute Gasteiger partial charge is 0.495 e. The monoisotopic (exact) mass is 436 g/mol. The highest BCUT2D eigenvalue weighted by Gasteiger charge is 2.13. The van der Waals surface area contributed by atoms with Gasteiger partial charge in [0, 0.05) is 22.3 Å². The topological polar surface area (TPSA) is 34.1 Å². The standard InChI is InChI=1S/C20H12Cl2F2N2OS/c1-27-18-8-9-25-11-12(18)2-4-14-16(23)6-7-17(20(14)24)26-28-19-10-13(21)3-5-15(19)22/h3,5-11,26H,1H3. The van der Waals surface area contributed by atoms with E-state index in [-0.39, 0.29) is 11.3 Å². The molecule has 3 nitrogen and oxygen atoms in total. The number of hydrogen-bond donors (Lipinski definition) is 1. The summed E-state index contributed by atoms with van der Waals surface area (Å²) in [6, 6.07) is 8.94. The Kier molecular flexibility index (Phi) is 6.63. The van der Waals surface area contributed by atoms with Crippen LogP contribution in [0.4, 0.5) is 14.5 Å². The van der Waals surface area contributed by atoms with Gasteiger partial charge in [0.15, 0.2) is 5.82 Å². The lowest BCUT2D eigenvalue weighted by Crippen LogP contribution is -1.97. The van der Waals surface area contributed by atoms with Crippen molar-refractivity contribution in [2.45, 2.75) is 4.90 Å². The molecule has 0 atom stereocenters. The van der Waals surface area contributed by atoms with Crippen molar-refractivity contribution in [2.24, 2.45) is 0 Å². The van der Waals surface area contributed by atoms with Crippen LogP contribution in [0.25, 0.3) is 0 Å². The smallest absolute Gasteiger partial charge is 0.165 e. The van der Waals surface area contributed by atoms with Crippen molar-refractivity contribution in [3.05, 3.63) is 81.6 Å². The molecule has 0 aliphatic carbocycles. The fourth-order valence-electron chi connectivity index (χ4n) is 2.19. The molecule has 142 valence electrons. The van der Waals surface area contributed by atoms with Crippen molar-refractivity contribution in [2.75, 3.05) is 11.8 Å². The predicted molar refractivity (Wildman–Crippen MR) is 109 cm³/mol. The van der Waals surface area contributed by atoms with Crippen LogP contribution in [0.15, 0.2) is 53.7 Å². The lowest BCUT2D eigenvalue weighted by atomic mass is 10.1. The highest BCUT2D eigenvalue weighted by molar-refractivity contribution is 8.00. The molecule has 3 aromatic rings. The molecule has 1 aromatic heterocycles. The number of halogens is 4. The number of ether oxygens (including phenoxy) is 1. The Morgan fingerprint density at radius 1 is 1.11 bits per heavy atom. The van der Waals surface area contributed by atoms with Crippen LogP contribution < -0.4 is 9.46 Å². The minimum atomic E-state index is -0.819. The number of pyridine rings is 1. The van der Waals surface area contributed by atoms with E-state index in [4.69, 9.17) is 27.9 Å². The molecule has 0 aliphatic rings. The summed E-state index contributed by atoms with van der Waals surface area (Å²) in [4.78, 5) is 4.54. The van der Waals surface area contributed by atoms with E-state index in [1.54, 1.807) is 24.3 Å². The minimum Gasteiger partial charge on any atom is -0.495 e. The molecule has 1 heterocycles. The van der Waals surface area contributed by atoms with Gasteiger partial charge >= 0.3 is 0 Å². The molecule has 1 N–H and O–H groups in total. The van der Waals surface area contributed by atoms with Crippen molar-refractivity contribution in [3.8, 4) is 17.6 Å². The second-order valence-electron chi connectivity index (χ2n) is 5.39. The van der Waals surface area contributed by atoms with Crippen molar-refractivity contribution in [1.29, 1.82) is 0 Å². The predicted octanol–water partition coefficient (Wildman–Crippen LogP) is 6.19. The van der Waals surface area contributed by atoms with E-state index in [9.17, 15) is 8.78 Å². The van der Waals surface area contributed by atoms with Crippen molar-refractivity contribution in [3.63, 3.8) is 0 Å². The summed E-state index contributed by atoms with van der Waals surface area (Å²) in [6.45, 7) is 0. The number of nitrogens with one attached hydrogen (secondary N) is 1. The lowest BCUT2D eigenvalue weighted by molar-refractivity contribution is 0.413. The maximum atomic E-state index is 14.8. The molecular formula is C20H12Cl2F2N2OS. The number of rotatable bonds is 4. The number of nitrogens with zero attached hydrogens (tertiary/aromatic N) is 1. The molecule has 3 rings (SSSR count). The second kappa shape index (κ2) is 9.16. The third kappa shape index (κ3) is 4.68. The fraction of sp³-hybridized carbons (Fsp3) is 0.0500. The SMILES string of the molecule is COc1ccncc1C#Cc1c(F)ccc(NSc2cc(Cl)ccc2Cl)c1F. The van der Waals surface area contributed by atoms with Gasteiger partial charge in [-0.15, -0.1) is 0 Å². The summed E-state index contributed by atoms with van der Waals surface area (Å²) in [5.74, 6) is 4.07. The molecule has 0 amide bonds. The molecule has 0 spiro atoms. The number of methoxy groups -OCH3 is 1. The molecule has 2 aromatic carbocycles. The summed E-state index contributed by atoms with van der Waals surface area (Å²) in [7, 11) is 1.48. The van der Waals surface area contributed by atoms with Gasteiger partial charge in [-0.3, -0.25) is 4.98 Å². The first-order chi connectivity index (χ1) is 13.5. The Balaban J connectivity index is 1.89. The number of hydrogen-bond acceptors (Lipinski definition) is 4. The minimum absolute atomic E-state index is 0.0601. The Hall–Kier alpha value is -2.46. The van der Waals surface area contributed by atoms with E-state index in [1.807, 2.05) is 0 Å². The van der Waals surface area contributed by atoms with Crippen LogP contribution in [0.1, 0.15) is 11.1 Å². The van der Waals surface area contributed by atoms with Gasteiger partial charge in [0.25, 0.3) is 0 Å². The highest BCUT2D eigenvalue weighted by Crippen LogP contribution is 2.32. The summed E-state index contributed by atoms with van der Waals surface area (Å²) in [5.41, 5.74) is 0.112. The Bertz CT molecular complexity index is 1080. The van der Waals surface area contributed by atoms with Gasteiger partial charge in [0.2, 0.25) is 0 Å². The maximum Gasteiger partial charge on any atom is 0.165 e. The van der Waals surface area contributed by atoms with Crippen molar-refractivity contribution in [1.82, 2.24) is 4.98 Å². The fourth-order valence-corrected chi connectivity index (χ4v) is 3.39. The third-order valence-electron chi connectivity index (χ3n) is 3.58. The van der Waals surface area contributed by atoms with Gasteiger partial charge in [-0.25, -0.2) is 8.78 Å². The lowest BCUT2D eigenvalue weighted by Gasteiger charge is -2.10. The Labute approximate surface area is 175 Å². The zero-order chi connectivity index (χ0) is 20.1. The average molecular weight is 437 g/mol. The van der Waals surface area contributed by atoms with Crippen molar-refractivity contribution >= 4 is 40.8 Å². The second-order valence-corrected chi connectivity index (χ2v) is 7.08. The van der Waals surface area contributed by atoms with Gasteiger partial charge in [0.1, 0.15) is 11.6 Å². The summed E-state index contributed by atoms with van der Waals surface area (Å²) < 4.78 is 36.9. The van der Waals surface area contributed by atoms with Gasteiger partial charge in [-0.05, 0) is 48.3 Å². The zero-order valence-corrected chi connectivity index (χ0v) is 16.7. The molecule has 0 fully saturated rings. The summed E-state index contributed by atoms with van der Waals surface area (Å²) >= 11 is 13.1. The van der Waals surface area contributed by atoms with E-state index in [0.717, 1.165) is 18.0 Å². The maximum absolute atomic E-state index is 14.8. The van der Waals surface area contributed by atoms with E-state index in [2.05, 4.69) is 21.5 Å². The first-order valence-corrected chi connectivity index (χ1v) is 9.42. The third-order valence-corrected chi connectivity index (χ3v) is 5.13. The Morgan fingerprint density at radius 2 is 1.93 bits per heavy atom. The van der Waals surface area contributed by atoms with Crippen LogP contribution in [0.5, 0.6) is 5.75 Å². The normalized spacial score (nSPS) is 10.2. The van der Waals surface area contributed by atoms with Gasteiger partial charge in [0.05, 0.1) is 28.9 Å². The molecule has 0 saturated heterocycles. The molecule has 28 heavy (non-hydrogen) atoms. The number of aromatic nitrogens is 1. The van der Waals surface area contributed by atoms with Crippen LogP contribution >= 0.6 is 35.1 Å². The molecule has 0 aliphatic heterocycles. The van der Waals surface area contributed by atoms with E-state index < -0.39 is 11.6 Å².